The van der Waals surface area contributed by atoms with E-state index >= 15 is 0 Å². The van der Waals surface area contributed by atoms with E-state index in [1.54, 1.807) is 6.92 Å². The lowest BCUT2D eigenvalue weighted by Crippen LogP contribution is -2.29. The van der Waals surface area contributed by atoms with Gasteiger partial charge in [0.05, 0.1) is 19.6 Å². The lowest BCUT2D eigenvalue weighted by molar-refractivity contribution is -0.162. The molecule has 0 rings (SSSR count). The van der Waals surface area contributed by atoms with Crippen LogP contribution in [0, 0.1) is 0 Å². The first-order valence-corrected chi connectivity index (χ1v) is 5.58. The summed E-state index contributed by atoms with van der Waals surface area (Å²) in [5.41, 5.74) is 0. The summed E-state index contributed by atoms with van der Waals surface area (Å²) in [6.45, 7) is 4.87. The van der Waals surface area contributed by atoms with Gasteiger partial charge in [0.15, 0.2) is 6.10 Å². The maximum atomic E-state index is 11.3. The first-order chi connectivity index (χ1) is 8.15. The molecule has 17 heavy (non-hydrogen) atoms. The second-order valence-corrected chi connectivity index (χ2v) is 3.10. The van der Waals surface area contributed by atoms with Crippen molar-refractivity contribution in [3.63, 3.8) is 0 Å². The highest BCUT2D eigenvalue weighted by molar-refractivity contribution is 5.81. The smallest absolute Gasteiger partial charge is 0.335 e. The molecule has 6 nitrogen and oxygen atoms in total. The number of esters is 2. The molecule has 0 spiro atoms. The molecule has 0 amide bonds. The number of methoxy groups -OCH3 is 1. The molecule has 0 aromatic heterocycles. The number of rotatable bonds is 9. The minimum Gasteiger partial charge on any atom is -0.464 e. The predicted octanol–water partition coefficient (Wildman–Crippen LogP) is 0.534. The number of ether oxygens (including phenoxy) is 4. The largest absolute Gasteiger partial charge is 0.464 e. The molecule has 1 unspecified atom stereocenters. The summed E-state index contributed by atoms with van der Waals surface area (Å²) in [6.07, 6.45) is -1.06. The van der Waals surface area contributed by atoms with Crippen molar-refractivity contribution in [1.82, 2.24) is 0 Å². The highest BCUT2D eigenvalue weighted by Gasteiger charge is 2.23. The van der Waals surface area contributed by atoms with Gasteiger partial charge in [-0.25, -0.2) is 4.79 Å². The zero-order valence-electron chi connectivity index (χ0n) is 10.6. The molecule has 0 aliphatic rings. The Morgan fingerprint density at radius 3 is 2.29 bits per heavy atom. The molecule has 100 valence electrons. The van der Waals surface area contributed by atoms with Crippen molar-refractivity contribution >= 4 is 11.9 Å². The Morgan fingerprint density at radius 1 is 1.06 bits per heavy atom. The van der Waals surface area contributed by atoms with Crippen LogP contribution in [0.4, 0.5) is 0 Å². The number of hydrogen-bond acceptors (Lipinski definition) is 6. The van der Waals surface area contributed by atoms with E-state index in [1.165, 1.54) is 7.11 Å². The van der Waals surface area contributed by atoms with Gasteiger partial charge in [-0.05, 0) is 13.8 Å². The molecule has 0 bridgehead atoms. The molecule has 0 aliphatic heterocycles. The Hall–Kier alpha value is -1.14. The van der Waals surface area contributed by atoms with E-state index < -0.39 is 18.0 Å². The zero-order chi connectivity index (χ0) is 13.1. The van der Waals surface area contributed by atoms with E-state index in [1.807, 2.05) is 6.92 Å². The van der Waals surface area contributed by atoms with Crippen LogP contribution >= 0.6 is 0 Å². The normalized spacial score (nSPS) is 11.9. The molecule has 0 N–H and O–H groups in total. The molecule has 0 saturated heterocycles. The Kier molecular flexibility index (Phi) is 9.37. The second-order valence-electron chi connectivity index (χ2n) is 3.10. The number of carbonyl (C=O) groups is 2. The number of hydrogen-bond donors (Lipinski definition) is 0. The molecule has 0 heterocycles. The van der Waals surface area contributed by atoms with Crippen LogP contribution in [-0.2, 0) is 28.5 Å². The Balaban J connectivity index is 3.85. The third kappa shape index (κ3) is 7.70. The zero-order valence-corrected chi connectivity index (χ0v) is 10.6. The van der Waals surface area contributed by atoms with Gasteiger partial charge >= 0.3 is 11.9 Å². The summed E-state index contributed by atoms with van der Waals surface area (Å²) in [5.74, 6) is -1.07. The fraction of sp³-hybridized carbons (Fsp3) is 0.818. The molecule has 0 fully saturated rings. The first-order valence-electron chi connectivity index (χ1n) is 5.58. The van der Waals surface area contributed by atoms with Crippen molar-refractivity contribution in [3.8, 4) is 0 Å². The maximum absolute atomic E-state index is 11.3. The summed E-state index contributed by atoms with van der Waals surface area (Å²) in [6, 6.07) is 0. The molecule has 0 aromatic carbocycles. The van der Waals surface area contributed by atoms with E-state index in [0.717, 1.165) is 0 Å². The van der Waals surface area contributed by atoms with Gasteiger partial charge in [0.2, 0.25) is 0 Å². The summed E-state index contributed by atoms with van der Waals surface area (Å²) in [4.78, 5) is 22.6. The molecular weight excluding hydrogens is 228 g/mol. The maximum Gasteiger partial charge on any atom is 0.335 e. The quantitative estimate of drug-likeness (QED) is 0.438. The molecule has 0 aromatic rings. The minimum atomic E-state index is -0.908. The van der Waals surface area contributed by atoms with Gasteiger partial charge in [0.25, 0.3) is 0 Å². The average molecular weight is 248 g/mol. The Bertz CT molecular complexity index is 228. The fourth-order valence-corrected chi connectivity index (χ4v) is 1.07. The minimum absolute atomic E-state index is 0.151. The molecular formula is C11H20O6. The monoisotopic (exact) mass is 248 g/mol. The van der Waals surface area contributed by atoms with Crippen molar-refractivity contribution in [3.05, 3.63) is 0 Å². The van der Waals surface area contributed by atoms with Gasteiger partial charge in [-0.2, -0.15) is 0 Å². The fourth-order valence-electron chi connectivity index (χ4n) is 1.07. The van der Waals surface area contributed by atoms with Gasteiger partial charge in [0.1, 0.15) is 6.61 Å². The van der Waals surface area contributed by atoms with Crippen LogP contribution in [0.15, 0.2) is 0 Å². The third-order valence-corrected chi connectivity index (χ3v) is 1.88. The van der Waals surface area contributed by atoms with Crippen LogP contribution in [0.5, 0.6) is 0 Å². The van der Waals surface area contributed by atoms with E-state index in [2.05, 4.69) is 0 Å². The van der Waals surface area contributed by atoms with Crippen molar-refractivity contribution in [2.24, 2.45) is 0 Å². The van der Waals surface area contributed by atoms with Crippen molar-refractivity contribution in [1.29, 1.82) is 0 Å². The van der Waals surface area contributed by atoms with Crippen molar-refractivity contribution in [2.45, 2.75) is 26.4 Å². The van der Waals surface area contributed by atoms with Crippen LogP contribution in [0.3, 0.4) is 0 Å². The van der Waals surface area contributed by atoms with Gasteiger partial charge < -0.3 is 18.9 Å². The van der Waals surface area contributed by atoms with Crippen molar-refractivity contribution < 1.29 is 28.5 Å². The second kappa shape index (κ2) is 10.0. The number of carbonyl (C=O) groups excluding carboxylic acids is 2. The standard InChI is InChI=1S/C11H20O6/c1-4-15-6-7-17-10(12)8-9(14-3)11(13)16-5-2/h9H,4-8H2,1-3H3. The topological polar surface area (TPSA) is 71.1 Å². The van der Waals surface area contributed by atoms with E-state index in [-0.39, 0.29) is 19.6 Å². The van der Waals surface area contributed by atoms with Gasteiger partial charge in [-0.1, -0.05) is 0 Å². The van der Waals surface area contributed by atoms with Crippen LogP contribution in [0.25, 0.3) is 0 Å². The summed E-state index contributed by atoms with van der Waals surface area (Å²) >= 11 is 0. The van der Waals surface area contributed by atoms with Gasteiger partial charge in [-0.3, -0.25) is 4.79 Å². The summed E-state index contributed by atoms with van der Waals surface area (Å²) in [7, 11) is 1.34. The average Bonchev–Trinajstić information content (AvgIpc) is 2.32. The Morgan fingerprint density at radius 2 is 1.76 bits per heavy atom. The van der Waals surface area contributed by atoms with Crippen LogP contribution in [0.1, 0.15) is 20.3 Å². The molecule has 0 saturated carbocycles. The SMILES string of the molecule is CCOCCOC(=O)CC(OC)C(=O)OCC. The van der Waals surface area contributed by atoms with E-state index in [4.69, 9.17) is 18.9 Å². The molecule has 6 heteroatoms. The van der Waals surface area contributed by atoms with E-state index in [9.17, 15) is 9.59 Å². The van der Waals surface area contributed by atoms with Crippen LogP contribution in [-0.4, -0.2) is 51.6 Å². The first kappa shape index (κ1) is 15.9. The van der Waals surface area contributed by atoms with Crippen LogP contribution < -0.4 is 0 Å². The van der Waals surface area contributed by atoms with Gasteiger partial charge in [-0.15, -0.1) is 0 Å². The van der Waals surface area contributed by atoms with Gasteiger partial charge in [0, 0.05) is 13.7 Å². The lowest BCUT2D eigenvalue weighted by Gasteiger charge is -2.13. The molecule has 0 aliphatic carbocycles. The van der Waals surface area contributed by atoms with Crippen LogP contribution in [0.2, 0.25) is 0 Å². The highest BCUT2D eigenvalue weighted by atomic mass is 16.6. The Labute approximate surface area is 101 Å². The highest BCUT2D eigenvalue weighted by Crippen LogP contribution is 2.02. The molecule has 1 atom stereocenters. The molecule has 0 radical (unpaired) electrons. The van der Waals surface area contributed by atoms with Crippen molar-refractivity contribution in [2.75, 3.05) is 33.5 Å². The summed E-state index contributed by atoms with van der Waals surface area (Å²) < 4.78 is 19.5. The summed E-state index contributed by atoms with van der Waals surface area (Å²) in [5, 5.41) is 0. The van der Waals surface area contributed by atoms with E-state index in [0.29, 0.717) is 13.2 Å². The predicted molar refractivity (Wildman–Crippen MR) is 59.5 cm³/mol. The third-order valence-electron chi connectivity index (χ3n) is 1.88. The lowest BCUT2D eigenvalue weighted by atomic mass is 10.2.